The molecule has 2 N–H and O–H groups in total. The summed E-state index contributed by atoms with van der Waals surface area (Å²) in [7, 11) is -3.76. The Morgan fingerprint density at radius 2 is 1.46 bits per heavy atom. The minimum atomic E-state index is -3.76. The topological polar surface area (TPSA) is 82.0 Å². The molecule has 0 spiro atoms. The van der Waals surface area contributed by atoms with Crippen LogP contribution in [0.5, 0.6) is 0 Å². The average Bonchev–Trinajstić information content (AvgIpc) is 2.65. The van der Waals surface area contributed by atoms with Crippen LogP contribution in [0.25, 0.3) is 0 Å². The van der Waals surface area contributed by atoms with Crippen molar-refractivity contribution in [2.24, 2.45) is 0 Å². The van der Waals surface area contributed by atoms with E-state index in [0.717, 1.165) is 11.3 Å². The van der Waals surface area contributed by atoms with E-state index in [2.05, 4.69) is 10.0 Å². The molecule has 3 aromatic carbocycles. The van der Waals surface area contributed by atoms with Crippen molar-refractivity contribution in [3.05, 3.63) is 83.9 Å². The number of nitrogens with one attached hydrogen (secondary N) is 2. The van der Waals surface area contributed by atoms with E-state index >= 15 is 0 Å². The van der Waals surface area contributed by atoms with Crippen LogP contribution < -0.4 is 10.0 Å². The van der Waals surface area contributed by atoms with Gasteiger partial charge in [0.1, 0.15) is 0 Å². The summed E-state index contributed by atoms with van der Waals surface area (Å²) < 4.78 is 27.9. The normalized spacial score (nSPS) is 10.8. The molecule has 0 radical (unpaired) electrons. The monoisotopic (exact) mass is 363 g/mol. The summed E-state index contributed by atoms with van der Waals surface area (Å²) in [5.74, 6) is 0. The van der Waals surface area contributed by atoms with Crippen LogP contribution in [0.4, 0.5) is 17.1 Å². The van der Waals surface area contributed by atoms with Crippen molar-refractivity contribution >= 4 is 27.1 Å². The van der Waals surface area contributed by atoms with E-state index in [1.807, 2.05) is 43.3 Å². The Morgan fingerprint density at radius 3 is 2.08 bits per heavy atom. The van der Waals surface area contributed by atoms with E-state index in [-0.39, 0.29) is 4.90 Å². The predicted octanol–water partition coefficient (Wildman–Crippen LogP) is 4.41. The molecular weight excluding hydrogens is 346 g/mol. The van der Waals surface area contributed by atoms with Gasteiger partial charge in [-0.05, 0) is 55.5 Å². The minimum absolute atomic E-state index is 0.0987. The molecule has 0 saturated heterocycles. The van der Waals surface area contributed by atoms with Crippen LogP contribution in [-0.4, -0.2) is 8.42 Å². The molecule has 0 aromatic heterocycles. The number of hydrogen-bond donors (Lipinski definition) is 2. The molecule has 26 heavy (non-hydrogen) atoms. The van der Waals surface area contributed by atoms with Gasteiger partial charge >= 0.3 is 0 Å². The quantitative estimate of drug-likeness (QED) is 0.703. The summed E-state index contributed by atoms with van der Waals surface area (Å²) in [6.45, 7) is 2.00. The molecule has 6 heteroatoms. The molecule has 0 amide bonds. The number of para-hydroxylation sites is 2. The highest BCUT2D eigenvalue weighted by Gasteiger charge is 2.16. The third kappa shape index (κ3) is 4.02. The van der Waals surface area contributed by atoms with Crippen LogP contribution >= 0.6 is 0 Å². The summed E-state index contributed by atoms with van der Waals surface area (Å²) in [5, 5.41) is 12.1. The number of aryl methyl sites for hydroxylation is 1. The number of hydrogen-bond acceptors (Lipinski definition) is 4. The Hall–Kier alpha value is -3.30. The van der Waals surface area contributed by atoms with Gasteiger partial charge in [0.05, 0.1) is 27.9 Å². The van der Waals surface area contributed by atoms with E-state index in [9.17, 15) is 8.42 Å². The molecule has 0 heterocycles. The van der Waals surface area contributed by atoms with E-state index in [1.165, 1.54) is 24.3 Å². The van der Waals surface area contributed by atoms with Gasteiger partial charge in [0, 0.05) is 5.69 Å². The minimum Gasteiger partial charge on any atom is -0.354 e. The number of nitrogens with zero attached hydrogens (tertiary/aromatic N) is 1. The van der Waals surface area contributed by atoms with Gasteiger partial charge in [-0.3, -0.25) is 4.72 Å². The van der Waals surface area contributed by atoms with Crippen LogP contribution in [0.1, 0.15) is 11.1 Å². The lowest BCUT2D eigenvalue weighted by Gasteiger charge is -2.14. The van der Waals surface area contributed by atoms with Crippen LogP contribution in [0, 0.1) is 18.3 Å². The smallest absolute Gasteiger partial charge is 0.261 e. The standard InChI is InChI=1S/C20H17N3O2S/c1-15-6-10-17(11-7-15)22-19-4-2-3-5-20(19)23-26(24,25)18-12-8-16(14-21)9-13-18/h2-13,22-23H,1H3. The molecular formula is C20H17N3O2S. The fraction of sp³-hybridized carbons (Fsp3) is 0.0500. The number of sulfonamides is 1. The lowest BCUT2D eigenvalue weighted by atomic mass is 10.2. The van der Waals surface area contributed by atoms with Gasteiger partial charge in [0.2, 0.25) is 0 Å². The van der Waals surface area contributed by atoms with Crippen LogP contribution in [-0.2, 0) is 10.0 Å². The van der Waals surface area contributed by atoms with E-state index < -0.39 is 10.0 Å². The van der Waals surface area contributed by atoms with Crippen molar-refractivity contribution in [3.63, 3.8) is 0 Å². The Kier molecular flexibility index (Phi) is 4.92. The molecule has 0 aliphatic heterocycles. The van der Waals surface area contributed by atoms with Crippen LogP contribution in [0.3, 0.4) is 0 Å². The molecule has 0 unspecified atom stereocenters. The maximum absolute atomic E-state index is 12.6. The first kappa shape index (κ1) is 17.5. The van der Waals surface area contributed by atoms with Crippen molar-refractivity contribution in [1.82, 2.24) is 0 Å². The summed E-state index contributed by atoms with van der Waals surface area (Å²) >= 11 is 0. The molecule has 0 atom stereocenters. The van der Waals surface area contributed by atoms with Gasteiger partial charge in [-0.2, -0.15) is 5.26 Å². The number of nitriles is 1. The zero-order valence-electron chi connectivity index (χ0n) is 14.1. The van der Waals surface area contributed by atoms with Crippen molar-refractivity contribution in [2.75, 3.05) is 10.0 Å². The lowest BCUT2D eigenvalue weighted by molar-refractivity contribution is 0.601. The SMILES string of the molecule is Cc1ccc(Nc2ccccc2NS(=O)(=O)c2ccc(C#N)cc2)cc1. The highest BCUT2D eigenvalue weighted by Crippen LogP contribution is 2.27. The van der Waals surface area contributed by atoms with Crippen molar-refractivity contribution in [3.8, 4) is 6.07 Å². The van der Waals surface area contributed by atoms with E-state index in [0.29, 0.717) is 16.9 Å². The highest BCUT2D eigenvalue weighted by atomic mass is 32.2. The molecule has 3 aromatic rings. The van der Waals surface area contributed by atoms with Crippen LogP contribution in [0.15, 0.2) is 77.7 Å². The zero-order chi connectivity index (χ0) is 18.6. The maximum atomic E-state index is 12.6. The third-order valence-electron chi connectivity index (χ3n) is 3.80. The van der Waals surface area contributed by atoms with Crippen molar-refractivity contribution in [2.45, 2.75) is 11.8 Å². The Balaban J connectivity index is 1.87. The molecule has 3 rings (SSSR count). The molecule has 0 bridgehead atoms. The van der Waals surface area contributed by atoms with Crippen molar-refractivity contribution < 1.29 is 8.42 Å². The van der Waals surface area contributed by atoms with E-state index in [4.69, 9.17) is 5.26 Å². The zero-order valence-corrected chi connectivity index (χ0v) is 14.9. The second-order valence-corrected chi connectivity index (χ2v) is 7.46. The third-order valence-corrected chi connectivity index (χ3v) is 5.18. The number of benzene rings is 3. The molecule has 0 fully saturated rings. The van der Waals surface area contributed by atoms with Gasteiger partial charge in [-0.1, -0.05) is 29.8 Å². The largest absolute Gasteiger partial charge is 0.354 e. The molecule has 0 aliphatic carbocycles. The maximum Gasteiger partial charge on any atom is 0.261 e. The fourth-order valence-corrected chi connectivity index (χ4v) is 3.47. The van der Waals surface area contributed by atoms with E-state index in [1.54, 1.807) is 18.2 Å². The number of anilines is 3. The highest BCUT2D eigenvalue weighted by molar-refractivity contribution is 7.92. The molecule has 0 saturated carbocycles. The summed E-state index contributed by atoms with van der Waals surface area (Å²) in [4.78, 5) is 0.0987. The Labute approximate surface area is 153 Å². The summed E-state index contributed by atoms with van der Waals surface area (Å²) in [5.41, 5.74) is 3.50. The van der Waals surface area contributed by atoms with Gasteiger partial charge in [0.15, 0.2) is 0 Å². The van der Waals surface area contributed by atoms with Crippen LogP contribution in [0.2, 0.25) is 0 Å². The Morgan fingerprint density at radius 1 is 0.846 bits per heavy atom. The average molecular weight is 363 g/mol. The molecule has 130 valence electrons. The van der Waals surface area contributed by atoms with Gasteiger partial charge in [0.25, 0.3) is 10.0 Å². The van der Waals surface area contributed by atoms with Gasteiger partial charge < -0.3 is 5.32 Å². The molecule has 0 aliphatic rings. The summed E-state index contributed by atoms with van der Waals surface area (Å²) in [6, 6.07) is 22.7. The first-order valence-electron chi connectivity index (χ1n) is 7.94. The Bertz CT molecular complexity index is 1050. The fourth-order valence-electron chi connectivity index (χ4n) is 2.39. The van der Waals surface area contributed by atoms with Gasteiger partial charge in [-0.15, -0.1) is 0 Å². The predicted molar refractivity (Wildman–Crippen MR) is 103 cm³/mol. The first-order valence-corrected chi connectivity index (χ1v) is 9.42. The van der Waals surface area contributed by atoms with Crippen molar-refractivity contribution in [1.29, 1.82) is 5.26 Å². The lowest BCUT2D eigenvalue weighted by Crippen LogP contribution is -2.14. The van der Waals surface area contributed by atoms with Gasteiger partial charge in [-0.25, -0.2) is 8.42 Å². The number of rotatable bonds is 5. The second kappa shape index (κ2) is 7.30. The molecule has 5 nitrogen and oxygen atoms in total. The second-order valence-electron chi connectivity index (χ2n) is 5.78. The first-order chi connectivity index (χ1) is 12.5. The summed E-state index contributed by atoms with van der Waals surface area (Å²) in [6.07, 6.45) is 0.